The zero-order valence-electron chi connectivity index (χ0n) is 6.61. The summed E-state index contributed by atoms with van der Waals surface area (Å²) in [6.07, 6.45) is 0. The predicted octanol–water partition coefficient (Wildman–Crippen LogP) is 3.54. The van der Waals surface area contributed by atoms with E-state index >= 15 is 0 Å². The molecule has 13 heavy (non-hydrogen) atoms. The van der Waals surface area contributed by atoms with E-state index in [0.717, 1.165) is 0 Å². The Labute approximate surface area is 93.9 Å². The maximum Gasteiger partial charge on any atom is 0.340 e. The first kappa shape index (κ1) is 10.8. The molecule has 0 fully saturated rings. The van der Waals surface area contributed by atoms with E-state index in [4.69, 9.17) is 23.2 Å². The van der Waals surface area contributed by atoms with E-state index in [-0.39, 0.29) is 15.6 Å². The fourth-order valence-corrected chi connectivity index (χ4v) is 1.67. The third-order valence-electron chi connectivity index (χ3n) is 1.43. The maximum absolute atomic E-state index is 11.2. The van der Waals surface area contributed by atoms with Crippen LogP contribution in [0.1, 0.15) is 10.4 Å². The van der Waals surface area contributed by atoms with E-state index < -0.39 is 5.97 Å². The highest BCUT2D eigenvalue weighted by atomic mass is 79.9. The second-order valence-electron chi connectivity index (χ2n) is 2.21. The van der Waals surface area contributed by atoms with Crippen molar-refractivity contribution >= 4 is 45.1 Å². The van der Waals surface area contributed by atoms with Crippen LogP contribution in [0.5, 0.6) is 0 Å². The number of halogens is 3. The molecule has 0 aromatic heterocycles. The molecule has 1 aromatic rings. The van der Waals surface area contributed by atoms with Crippen LogP contribution < -0.4 is 0 Å². The van der Waals surface area contributed by atoms with E-state index in [1.165, 1.54) is 7.11 Å². The third kappa shape index (κ3) is 2.16. The normalized spacial score (nSPS) is 9.85. The molecule has 0 saturated carbocycles. The Morgan fingerprint density at radius 3 is 2.62 bits per heavy atom. The Kier molecular flexibility index (Phi) is 3.59. The van der Waals surface area contributed by atoms with E-state index in [9.17, 15) is 4.79 Å². The van der Waals surface area contributed by atoms with Crippen molar-refractivity contribution in [1.82, 2.24) is 0 Å². The number of carbonyl (C=O) groups is 1. The summed E-state index contributed by atoms with van der Waals surface area (Å²) >= 11 is 14.8. The molecule has 0 atom stereocenters. The quantitative estimate of drug-likeness (QED) is 0.582. The molecule has 70 valence electrons. The minimum atomic E-state index is -0.545. The molecular formula is C8H5BrCl2O2. The number of methoxy groups -OCH3 is 1. The fraction of sp³-hybridized carbons (Fsp3) is 0.125. The van der Waals surface area contributed by atoms with Crippen molar-refractivity contribution in [1.29, 1.82) is 0 Å². The number of hydrogen-bond donors (Lipinski definition) is 0. The first-order chi connectivity index (χ1) is 6.07. The van der Waals surface area contributed by atoms with Crippen molar-refractivity contribution in [3.05, 3.63) is 32.2 Å². The molecule has 2 nitrogen and oxygen atoms in total. The van der Waals surface area contributed by atoms with Crippen LogP contribution in [0.25, 0.3) is 0 Å². The maximum atomic E-state index is 11.2. The number of benzene rings is 1. The molecule has 0 spiro atoms. The van der Waals surface area contributed by atoms with Crippen molar-refractivity contribution in [2.75, 3.05) is 7.11 Å². The lowest BCUT2D eigenvalue weighted by molar-refractivity contribution is 0.0601. The number of ether oxygens (including phenoxy) is 1. The molecule has 0 saturated heterocycles. The van der Waals surface area contributed by atoms with Gasteiger partial charge in [-0.3, -0.25) is 0 Å². The van der Waals surface area contributed by atoms with Crippen molar-refractivity contribution in [3.8, 4) is 0 Å². The molecule has 1 aromatic carbocycles. The van der Waals surface area contributed by atoms with Crippen LogP contribution in [0.4, 0.5) is 0 Å². The first-order valence-corrected chi connectivity index (χ1v) is 4.84. The van der Waals surface area contributed by atoms with Crippen molar-refractivity contribution in [3.63, 3.8) is 0 Å². The Balaban J connectivity index is 3.33. The summed E-state index contributed by atoms with van der Waals surface area (Å²) in [6.45, 7) is 0. The highest BCUT2D eigenvalue weighted by molar-refractivity contribution is 9.10. The molecule has 5 heteroatoms. The van der Waals surface area contributed by atoms with Crippen LogP contribution in [0.3, 0.4) is 0 Å². The molecule has 0 N–H and O–H groups in total. The van der Waals surface area contributed by atoms with Crippen LogP contribution in [0.2, 0.25) is 10.0 Å². The predicted molar refractivity (Wildman–Crippen MR) is 55.5 cm³/mol. The van der Waals surface area contributed by atoms with Crippen molar-refractivity contribution in [2.24, 2.45) is 0 Å². The SMILES string of the molecule is COC(=O)c1c(Cl)ccc(Br)c1Cl. The van der Waals surface area contributed by atoms with Gasteiger partial charge in [0.25, 0.3) is 0 Å². The van der Waals surface area contributed by atoms with Gasteiger partial charge >= 0.3 is 5.97 Å². The van der Waals surface area contributed by atoms with Gasteiger partial charge in [0.05, 0.1) is 22.7 Å². The van der Waals surface area contributed by atoms with Gasteiger partial charge in [-0.1, -0.05) is 23.2 Å². The molecule has 1 rings (SSSR count). The van der Waals surface area contributed by atoms with Gasteiger partial charge in [0.1, 0.15) is 0 Å². The standard InChI is InChI=1S/C8H5BrCl2O2/c1-13-8(12)6-5(10)3-2-4(9)7(6)11/h2-3H,1H3. The summed E-state index contributed by atoms with van der Waals surface area (Å²) in [5.41, 5.74) is 0.181. The monoisotopic (exact) mass is 282 g/mol. The second-order valence-corrected chi connectivity index (χ2v) is 3.85. The zero-order chi connectivity index (χ0) is 10.0. The van der Waals surface area contributed by atoms with Crippen LogP contribution in [0.15, 0.2) is 16.6 Å². The largest absolute Gasteiger partial charge is 0.465 e. The molecule has 0 bridgehead atoms. The van der Waals surface area contributed by atoms with Gasteiger partial charge in [-0.25, -0.2) is 4.79 Å². The van der Waals surface area contributed by atoms with Crippen LogP contribution in [0, 0.1) is 0 Å². The van der Waals surface area contributed by atoms with Gasteiger partial charge in [-0.05, 0) is 28.1 Å². The topological polar surface area (TPSA) is 26.3 Å². The van der Waals surface area contributed by atoms with Crippen LogP contribution in [-0.2, 0) is 4.74 Å². The fourth-order valence-electron chi connectivity index (χ4n) is 0.816. The molecule has 0 amide bonds. The summed E-state index contributed by atoms with van der Waals surface area (Å²) in [7, 11) is 1.27. The zero-order valence-corrected chi connectivity index (χ0v) is 9.70. The second kappa shape index (κ2) is 4.31. The van der Waals surface area contributed by atoms with Gasteiger partial charge in [-0.2, -0.15) is 0 Å². The van der Waals surface area contributed by atoms with E-state index in [1.54, 1.807) is 12.1 Å². The summed E-state index contributed by atoms with van der Waals surface area (Å²) in [5.74, 6) is -0.545. The Morgan fingerprint density at radius 2 is 2.08 bits per heavy atom. The number of hydrogen-bond acceptors (Lipinski definition) is 2. The highest BCUT2D eigenvalue weighted by Gasteiger charge is 2.16. The summed E-state index contributed by atoms with van der Waals surface area (Å²) in [5, 5.41) is 0.541. The summed E-state index contributed by atoms with van der Waals surface area (Å²) < 4.78 is 5.13. The Hall–Kier alpha value is -0.250. The third-order valence-corrected chi connectivity index (χ3v) is 3.03. The Bertz CT molecular complexity index is 352. The van der Waals surface area contributed by atoms with E-state index in [1.807, 2.05) is 0 Å². The summed E-state index contributed by atoms with van der Waals surface area (Å²) in [4.78, 5) is 11.2. The van der Waals surface area contributed by atoms with E-state index in [2.05, 4.69) is 20.7 Å². The van der Waals surface area contributed by atoms with Gasteiger partial charge < -0.3 is 4.74 Å². The van der Waals surface area contributed by atoms with E-state index in [0.29, 0.717) is 4.47 Å². The average molecular weight is 284 g/mol. The van der Waals surface area contributed by atoms with Crippen molar-refractivity contribution in [2.45, 2.75) is 0 Å². The smallest absolute Gasteiger partial charge is 0.340 e. The van der Waals surface area contributed by atoms with Crippen LogP contribution in [-0.4, -0.2) is 13.1 Å². The lowest BCUT2D eigenvalue weighted by Gasteiger charge is -2.05. The number of carbonyl (C=O) groups excluding carboxylic acids is 1. The molecular weight excluding hydrogens is 279 g/mol. The number of esters is 1. The summed E-state index contributed by atoms with van der Waals surface area (Å²) in [6, 6.07) is 3.24. The highest BCUT2D eigenvalue weighted by Crippen LogP contribution is 2.31. The van der Waals surface area contributed by atoms with Gasteiger partial charge in [0.15, 0.2) is 0 Å². The molecule has 0 unspecified atom stereocenters. The molecule has 0 aliphatic heterocycles. The minimum Gasteiger partial charge on any atom is -0.465 e. The van der Waals surface area contributed by atoms with Gasteiger partial charge in [0, 0.05) is 4.47 Å². The Morgan fingerprint density at radius 1 is 1.46 bits per heavy atom. The lowest BCUT2D eigenvalue weighted by Crippen LogP contribution is -2.03. The number of rotatable bonds is 1. The lowest BCUT2D eigenvalue weighted by atomic mass is 10.2. The van der Waals surface area contributed by atoms with Gasteiger partial charge in [-0.15, -0.1) is 0 Å². The molecule has 0 heterocycles. The van der Waals surface area contributed by atoms with Crippen molar-refractivity contribution < 1.29 is 9.53 Å². The molecule has 0 aliphatic rings. The van der Waals surface area contributed by atoms with Crippen LogP contribution >= 0.6 is 39.1 Å². The van der Waals surface area contributed by atoms with Gasteiger partial charge in [0.2, 0.25) is 0 Å². The molecule has 0 aliphatic carbocycles. The molecule has 0 radical (unpaired) electrons. The average Bonchev–Trinajstić information content (AvgIpc) is 2.12. The minimum absolute atomic E-state index is 0.181. The first-order valence-electron chi connectivity index (χ1n) is 3.29.